The minimum Gasteiger partial charge on any atom is -0.386 e. The number of nitrogens with zero attached hydrogens (tertiary/aromatic N) is 1. The first kappa shape index (κ1) is 9.09. The van der Waals surface area contributed by atoms with Crippen molar-refractivity contribution < 1.29 is 0 Å². The predicted molar refractivity (Wildman–Crippen MR) is 62.0 cm³/mol. The monoisotopic (exact) mass is 204 g/mol. The van der Waals surface area contributed by atoms with Crippen molar-refractivity contribution in [3.05, 3.63) is 47.5 Å². The molecular weight excluding hydrogens is 192 g/mol. The maximum Gasteiger partial charge on any atom is 0.0589 e. The van der Waals surface area contributed by atoms with Crippen LogP contribution in [-0.4, -0.2) is 11.0 Å². The number of nitrogens with one attached hydrogen (secondary N) is 1. The second-order valence-electron chi connectivity index (χ2n) is 2.91. The molecule has 0 radical (unpaired) electrons. The third kappa shape index (κ3) is 1.88. The van der Waals surface area contributed by atoms with E-state index in [1.54, 1.807) is 11.5 Å². The Morgan fingerprint density at radius 1 is 1.36 bits per heavy atom. The van der Waals surface area contributed by atoms with Crippen molar-refractivity contribution in [2.75, 3.05) is 7.05 Å². The topological polar surface area (TPSA) is 17.0 Å². The van der Waals surface area contributed by atoms with Gasteiger partial charge in [-0.1, -0.05) is 41.9 Å². The molecule has 0 aliphatic carbocycles. The maximum absolute atomic E-state index is 3.19. The van der Waals surface area contributed by atoms with E-state index in [1.807, 2.05) is 31.4 Å². The van der Waals surface area contributed by atoms with Crippen LogP contribution in [-0.2, 0) is 0 Å². The lowest BCUT2D eigenvalue weighted by atomic mass is 10.2. The Morgan fingerprint density at radius 3 is 2.57 bits per heavy atom. The fourth-order valence-corrected chi connectivity index (χ4v) is 1.66. The van der Waals surface area contributed by atoms with E-state index >= 15 is 0 Å². The van der Waals surface area contributed by atoms with Gasteiger partial charge in [-0.2, -0.15) is 0 Å². The normalized spacial score (nSPS) is 11.6. The molecule has 0 atom stereocenters. The van der Waals surface area contributed by atoms with Crippen molar-refractivity contribution in [2.24, 2.45) is 0 Å². The molecule has 0 aliphatic heterocycles. The fourth-order valence-electron chi connectivity index (χ4n) is 1.23. The molecule has 72 valence electrons. The van der Waals surface area contributed by atoms with E-state index in [4.69, 9.17) is 0 Å². The number of hydrogen-bond acceptors (Lipinski definition) is 2. The summed E-state index contributed by atoms with van der Waals surface area (Å²) < 4.78 is 2.07. The Labute approximate surface area is 87.6 Å². The van der Waals surface area contributed by atoms with Crippen LogP contribution >= 0.6 is 11.5 Å². The van der Waals surface area contributed by atoms with Crippen molar-refractivity contribution in [2.45, 2.75) is 0 Å². The Morgan fingerprint density at radius 2 is 2.07 bits per heavy atom. The lowest BCUT2D eigenvalue weighted by Gasteiger charge is -2.08. The first-order chi connectivity index (χ1) is 6.90. The number of rotatable bonds is 3. The van der Waals surface area contributed by atoms with Crippen LogP contribution in [0.3, 0.4) is 0 Å². The molecule has 0 unspecified atom stereocenters. The molecule has 0 spiro atoms. The number of aromatic nitrogens is 1. The van der Waals surface area contributed by atoms with Crippen LogP contribution < -0.4 is 5.32 Å². The summed E-state index contributed by atoms with van der Waals surface area (Å²) in [6.45, 7) is 0. The molecule has 0 fully saturated rings. The third-order valence-electron chi connectivity index (χ3n) is 2.00. The molecule has 0 saturated heterocycles. The van der Waals surface area contributed by atoms with Gasteiger partial charge < -0.3 is 5.32 Å². The molecule has 3 heteroatoms. The summed E-state index contributed by atoms with van der Waals surface area (Å²) in [4.78, 5) is 0. The molecule has 1 N–H and O–H groups in total. The van der Waals surface area contributed by atoms with Gasteiger partial charge in [0.25, 0.3) is 0 Å². The molecule has 1 aromatic carbocycles. The van der Waals surface area contributed by atoms with E-state index in [0.29, 0.717) is 0 Å². The Hall–Kier alpha value is -1.48. The minimum absolute atomic E-state index is 1.13. The van der Waals surface area contributed by atoms with E-state index in [2.05, 4.69) is 33.0 Å². The zero-order chi connectivity index (χ0) is 9.80. The molecule has 0 amide bonds. The largest absolute Gasteiger partial charge is 0.386 e. The van der Waals surface area contributed by atoms with Gasteiger partial charge in [0.1, 0.15) is 0 Å². The van der Waals surface area contributed by atoms with Crippen molar-refractivity contribution >= 4 is 23.4 Å². The summed E-state index contributed by atoms with van der Waals surface area (Å²) in [7, 11) is 1.94. The van der Waals surface area contributed by atoms with Crippen molar-refractivity contribution in [1.82, 2.24) is 9.27 Å². The lowest BCUT2D eigenvalue weighted by molar-refractivity contribution is 1.12. The second kappa shape index (κ2) is 4.15. The average Bonchev–Trinajstić information content (AvgIpc) is 2.18. The summed E-state index contributed by atoms with van der Waals surface area (Å²) in [6, 6.07) is 10.3. The van der Waals surface area contributed by atoms with E-state index in [1.165, 1.54) is 5.56 Å². The van der Waals surface area contributed by atoms with Crippen LogP contribution in [0.2, 0.25) is 0 Å². The zero-order valence-corrected chi connectivity index (χ0v) is 8.79. The average molecular weight is 204 g/mol. The summed E-state index contributed by atoms with van der Waals surface area (Å²) in [5.74, 6) is 0. The lowest BCUT2D eigenvalue weighted by Crippen LogP contribution is -2.05. The maximum atomic E-state index is 3.19. The van der Waals surface area contributed by atoms with Gasteiger partial charge in [0.2, 0.25) is 0 Å². The van der Waals surface area contributed by atoms with Gasteiger partial charge in [-0.15, -0.1) is 0 Å². The second-order valence-corrected chi connectivity index (χ2v) is 3.81. The first-order valence-electron chi connectivity index (χ1n) is 4.47. The van der Waals surface area contributed by atoms with E-state index in [-0.39, 0.29) is 0 Å². The Bertz CT molecular complexity index is 402. The standard InChI is InChI=1S/C11H12N2S/c1-12-11(9-13-7-8-14-13)10-5-3-2-4-6-10/h2-9,12H,1H3/b11-9-. The quantitative estimate of drug-likeness (QED) is 0.813. The molecule has 2 aromatic rings. The molecule has 1 aromatic heterocycles. The summed E-state index contributed by atoms with van der Waals surface area (Å²) in [5.41, 5.74) is 2.33. The highest BCUT2D eigenvalue weighted by molar-refractivity contribution is 7.05. The summed E-state index contributed by atoms with van der Waals surface area (Å²) >= 11 is 1.68. The van der Waals surface area contributed by atoms with Gasteiger partial charge in [0, 0.05) is 24.8 Å². The molecular formula is C11H12N2S. The van der Waals surface area contributed by atoms with Gasteiger partial charge in [0.15, 0.2) is 0 Å². The highest BCUT2D eigenvalue weighted by Gasteiger charge is 1.97. The van der Waals surface area contributed by atoms with Crippen molar-refractivity contribution in [3.8, 4) is 0 Å². The van der Waals surface area contributed by atoms with Gasteiger partial charge in [-0.3, -0.25) is 3.96 Å². The molecule has 0 aliphatic rings. The highest BCUT2D eigenvalue weighted by Crippen LogP contribution is 2.13. The summed E-state index contributed by atoms with van der Waals surface area (Å²) in [6.07, 6.45) is 4.12. The minimum atomic E-state index is 1.13. The Kier molecular flexibility index (Phi) is 2.70. The molecule has 1 heterocycles. The zero-order valence-electron chi connectivity index (χ0n) is 7.97. The fraction of sp³-hybridized carbons (Fsp3) is 0.0909. The van der Waals surface area contributed by atoms with E-state index in [9.17, 15) is 0 Å². The SMILES string of the molecule is CN/C(=C\n1ccs1)c1ccccc1. The van der Waals surface area contributed by atoms with E-state index in [0.717, 1.165) is 5.70 Å². The smallest absolute Gasteiger partial charge is 0.0589 e. The molecule has 0 saturated carbocycles. The number of benzene rings is 1. The van der Waals surface area contributed by atoms with Crippen LogP contribution in [0.15, 0.2) is 41.9 Å². The molecule has 2 rings (SSSR count). The molecule has 0 bridgehead atoms. The van der Waals surface area contributed by atoms with Crippen LogP contribution in [0.25, 0.3) is 11.9 Å². The Balaban J connectivity index is 2.29. The van der Waals surface area contributed by atoms with Crippen LogP contribution in [0, 0.1) is 0 Å². The van der Waals surface area contributed by atoms with Crippen LogP contribution in [0.5, 0.6) is 0 Å². The van der Waals surface area contributed by atoms with Gasteiger partial charge in [-0.05, 0) is 5.56 Å². The third-order valence-corrected chi connectivity index (χ3v) is 2.71. The van der Waals surface area contributed by atoms with Crippen molar-refractivity contribution in [3.63, 3.8) is 0 Å². The molecule has 2 nitrogen and oxygen atoms in total. The van der Waals surface area contributed by atoms with Gasteiger partial charge >= 0.3 is 0 Å². The van der Waals surface area contributed by atoms with Crippen LogP contribution in [0.1, 0.15) is 5.56 Å². The first-order valence-corrected chi connectivity index (χ1v) is 5.30. The number of hydrogen-bond donors (Lipinski definition) is 1. The summed E-state index contributed by atoms with van der Waals surface area (Å²) in [5, 5.41) is 5.24. The van der Waals surface area contributed by atoms with Gasteiger partial charge in [0.05, 0.1) is 5.70 Å². The predicted octanol–water partition coefficient (Wildman–Crippen LogP) is 2.72. The highest BCUT2D eigenvalue weighted by atomic mass is 32.1. The van der Waals surface area contributed by atoms with Crippen LogP contribution in [0.4, 0.5) is 0 Å². The van der Waals surface area contributed by atoms with Crippen molar-refractivity contribution in [1.29, 1.82) is 0 Å². The molecule has 14 heavy (non-hydrogen) atoms. The van der Waals surface area contributed by atoms with Gasteiger partial charge in [-0.25, -0.2) is 0 Å². The van der Waals surface area contributed by atoms with E-state index < -0.39 is 0 Å².